The van der Waals surface area contributed by atoms with E-state index in [-0.39, 0.29) is 6.04 Å². The van der Waals surface area contributed by atoms with Gasteiger partial charge in [-0.05, 0) is 13.8 Å². The van der Waals surface area contributed by atoms with Crippen LogP contribution >= 0.6 is 0 Å². The Hall–Kier alpha value is -0.750. The number of ether oxygens (including phenoxy) is 1. The molecule has 0 aromatic rings. The molecule has 0 saturated heterocycles. The van der Waals surface area contributed by atoms with E-state index in [1.165, 1.54) is 0 Å². The van der Waals surface area contributed by atoms with Crippen LogP contribution in [-0.4, -0.2) is 19.3 Å². The number of nitrogens with one attached hydrogen (secondary N) is 1. The Bertz CT molecular complexity index is 97.7. The van der Waals surface area contributed by atoms with E-state index in [1.807, 2.05) is 20.0 Å². The monoisotopic (exact) mass is 128 g/mol. The van der Waals surface area contributed by atoms with E-state index in [9.17, 15) is 0 Å². The highest BCUT2D eigenvalue weighted by molar-refractivity contribution is 4.71. The van der Waals surface area contributed by atoms with Crippen LogP contribution in [0.3, 0.4) is 0 Å². The van der Waals surface area contributed by atoms with Gasteiger partial charge in [0.05, 0.1) is 12.6 Å². The maximum absolute atomic E-state index is 8.12. The summed E-state index contributed by atoms with van der Waals surface area (Å²) in [5, 5.41) is 10.7. The van der Waals surface area contributed by atoms with Gasteiger partial charge in [-0.1, -0.05) is 0 Å². The Morgan fingerprint density at radius 2 is 2.44 bits per heavy atom. The first kappa shape index (κ1) is 8.25. The maximum atomic E-state index is 8.12. The van der Waals surface area contributed by atoms with Crippen LogP contribution in [0.2, 0.25) is 0 Å². The lowest BCUT2D eigenvalue weighted by atomic mass is 10.4. The Balaban J connectivity index is 3.08. The van der Waals surface area contributed by atoms with E-state index in [1.54, 1.807) is 0 Å². The van der Waals surface area contributed by atoms with Crippen LogP contribution in [0.4, 0.5) is 0 Å². The molecule has 0 amide bonds. The highest BCUT2D eigenvalue weighted by Crippen LogP contribution is 1.81. The van der Waals surface area contributed by atoms with E-state index >= 15 is 0 Å². The molecule has 1 N–H and O–H groups in total. The van der Waals surface area contributed by atoms with Gasteiger partial charge >= 0.3 is 0 Å². The molecule has 0 radical (unpaired) electrons. The van der Waals surface area contributed by atoms with Crippen molar-refractivity contribution in [1.82, 2.24) is 5.32 Å². The second-order valence-corrected chi connectivity index (χ2v) is 1.82. The molecular weight excluding hydrogens is 116 g/mol. The highest BCUT2D eigenvalue weighted by Gasteiger charge is 1.96. The lowest BCUT2D eigenvalue weighted by Gasteiger charge is -2.06. The van der Waals surface area contributed by atoms with Gasteiger partial charge in [0.25, 0.3) is 0 Å². The molecule has 9 heavy (non-hydrogen) atoms. The predicted octanol–water partition coefficient (Wildman–Crippen LogP) is 0.482. The van der Waals surface area contributed by atoms with Gasteiger partial charge in [0.2, 0.25) is 0 Å². The molecule has 0 fully saturated rings. The van der Waals surface area contributed by atoms with Crippen molar-refractivity contribution in [2.75, 3.05) is 13.2 Å². The number of nitriles is 1. The Morgan fingerprint density at radius 3 is 2.89 bits per heavy atom. The van der Waals surface area contributed by atoms with Crippen LogP contribution < -0.4 is 5.32 Å². The van der Waals surface area contributed by atoms with Gasteiger partial charge in [-0.2, -0.15) is 5.26 Å². The average molecular weight is 128 g/mol. The fourth-order valence-electron chi connectivity index (χ4n) is 0.446. The molecular formula is C6H12N2O. The van der Waals surface area contributed by atoms with Crippen LogP contribution in [-0.2, 0) is 4.74 Å². The molecule has 0 saturated carbocycles. The van der Waals surface area contributed by atoms with Crippen molar-refractivity contribution in [3.63, 3.8) is 0 Å². The minimum absolute atomic E-state index is 0.134. The van der Waals surface area contributed by atoms with Gasteiger partial charge in [-0.25, -0.2) is 0 Å². The van der Waals surface area contributed by atoms with Gasteiger partial charge in [-0.3, -0.25) is 0 Å². The van der Waals surface area contributed by atoms with Crippen molar-refractivity contribution in [1.29, 1.82) is 5.26 Å². The SMILES string of the molecule is CCOCC(C)NC#N. The van der Waals surface area contributed by atoms with Gasteiger partial charge in [0.15, 0.2) is 6.19 Å². The number of hydrogen-bond donors (Lipinski definition) is 1. The second kappa shape index (κ2) is 5.39. The van der Waals surface area contributed by atoms with Crippen LogP contribution in [0.5, 0.6) is 0 Å². The van der Waals surface area contributed by atoms with Gasteiger partial charge in [0.1, 0.15) is 0 Å². The van der Waals surface area contributed by atoms with Crippen LogP contribution in [0, 0.1) is 11.5 Å². The summed E-state index contributed by atoms with van der Waals surface area (Å²) in [6.07, 6.45) is 1.85. The third kappa shape index (κ3) is 5.12. The number of hydrogen-bond acceptors (Lipinski definition) is 3. The van der Waals surface area contributed by atoms with Crippen molar-refractivity contribution >= 4 is 0 Å². The Kier molecular flexibility index (Phi) is 4.94. The maximum Gasteiger partial charge on any atom is 0.176 e. The first-order chi connectivity index (χ1) is 4.31. The van der Waals surface area contributed by atoms with E-state index < -0.39 is 0 Å². The topological polar surface area (TPSA) is 45.0 Å². The fourth-order valence-corrected chi connectivity index (χ4v) is 0.446. The standard InChI is InChI=1S/C6H12N2O/c1-3-9-4-6(2)8-5-7/h6,8H,3-4H2,1-2H3. The summed E-state index contributed by atoms with van der Waals surface area (Å²) < 4.78 is 5.03. The number of rotatable bonds is 4. The molecule has 3 nitrogen and oxygen atoms in total. The zero-order valence-electron chi connectivity index (χ0n) is 5.85. The van der Waals surface area contributed by atoms with E-state index in [2.05, 4.69) is 5.32 Å². The smallest absolute Gasteiger partial charge is 0.176 e. The predicted molar refractivity (Wildman–Crippen MR) is 34.7 cm³/mol. The molecule has 3 heteroatoms. The average Bonchev–Trinajstić information content (AvgIpc) is 1.85. The molecule has 0 aromatic carbocycles. The molecule has 0 heterocycles. The van der Waals surface area contributed by atoms with Crippen molar-refractivity contribution in [2.45, 2.75) is 19.9 Å². The van der Waals surface area contributed by atoms with Crippen LogP contribution in [0.25, 0.3) is 0 Å². The lowest BCUT2D eigenvalue weighted by Crippen LogP contribution is -2.26. The normalized spacial score (nSPS) is 12.1. The minimum atomic E-state index is 0.134. The van der Waals surface area contributed by atoms with Gasteiger partial charge in [-0.15, -0.1) is 0 Å². The third-order valence-electron chi connectivity index (χ3n) is 0.883. The molecule has 0 aliphatic carbocycles. The molecule has 0 aliphatic heterocycles. The molecule has 0 aromatic heterocycles. The van der Waals surface area contributed by atoms with Crippen molar-refractivity contribution in [3.8, 4) is 6.19 Å². The molecule has 1 atom stereocenters. The van der Waals surface area contributed by atoms with Crippen LogP contribution in [0.1, 0.15) is 13.8 Å². The lowest BCUT2D eigenvalue weighted by molar-refractivity contribution is 0.132. The zero-order valence-corrected chi connectivity index (χ0v) is 5.85. The molecule has 52 valence electrons. The summed E-state index contributed by atoms with van der Waals surface area (Å²) in [6, 6.07) is 0.134. The van der Waals surface area contributed by atoms with Crippen LogP contribution in [0.15, 0.2) is 0 Å². The fraction of sp³-hybridized carbons (Fsp3) is 0.833. The minimum Gasteiger partial charge on any atom is -0.380 e. The van der Waals surface area contributed by atoms with Crippen molar-refractivity contribution < 1.29 is 4.74 Å². The summed E-state index contributed by atoms with van der Waals surface area (Å²) in [5.41, 5.74) is 0. The third-order valence-corrected chi connectivity index (χ3v) is 0.883. The van der Waals surface area contributed by atoms with E-state index in [4.69, 9.17) is 10.00 Å². The highest BCUT2D eigenvalue weighted by atomic mass is 16.5. The first-order valence-corrected chi connectivity index (χ1v) is 3.03. The quantitative estimate of drug-likeness (QED) is 0.442. The van der Waals surface area contributed by atoms with Crippen molar-refractivity contribution in [2.24, 2.45) is 0 Å². The van der Waals surface area contributed by atoms with Crippen molar-refractivity contribution in [3.05, 3.63) is 0 Å². The Morgan fingerprint density at radius 1 is 1.78 bits per heavy atom. The largest absolute Gasteiger partial charge is 0.380 e. The molecule has 1 unspecified atom stereocenters. The molecule has 0 bridgehead atoms. The van der Waals surface area contributed by atoms with Gasteiger partial charge < -0.3 is 10.1 Å². The summed E-state index contributed by atoms with van der Waals surface area (Å²) in [6.45, 7) is 5.14. The number of nitrogens with zero attached hydrogens (tertiary/aromatic N) is 1. The first-order valence-electron chi connectivity index (χ1n) is 3.03. The van der Waals surface area contributed by atoms with E-state index in [0.717, 1.165) is 0 Å². The second-order valence-electron chi connectivity index (χ2n) is 1.82. The van der Waals surface area contributed by atoms with E-state index in [0.29, 0.717) is 13.2 Å². The van der Waals surface area contributed by atoms with Gasteiger partial charge in [0, 0.05) is 6.61 Å². The Labute approximate surface area is 55.6 Å². The summed E-state index contributed by atoms with van der Waals surface area (Å²) in [5.74, 6) is 0. The molecule has 0 rings (SSSR count). The summed E-state index contributed by atoms with van der Waals surface area (Å²) in [4.78, 5) is 0. The zero-order chi connectivity index (χ0) is 7.11. The summed E-state index contributed by atoms with van der Waals surface area (Å²) in [7, 11) is 0. The summed E-state index contributed by atoms with van der Waals surface area (Å²) >= 11 is 0. The molecule has 0 spiro atoms. The molecule has 0 aliphatic rings.